The van der Waals surface area contributed by atoms with Gasteiger partial charge in [0.1, 0.15) is 0 Å². The summed E-state index contributed by atoms with van der Waals surface area (Å²) in [5.74, 6) is -1.25. The zero-order chi connectivity index (χ0) is 16.8. The van der Waals surface area contributed by atoms with Gasteiger partial charge in [-0.25, -0.2) is 0 Å². The van der Waals surface area contributed by atoms with E-state index < -0.39 is 12.0 Å². The third-order valence-corrected chi connectivity index (χ3v) is 3.77. The Hall–Kier alpha value is -2.04. The molecule has 0 unspecified atom stereocenters. The van der Waals surface area contributed by atoms with Crippen molar-refractivity contribution in [3.05, 3.63) is 69.7 Å². The number of carbonyl (C=O) groups is 2. The van der Waals surface area contributed by atoms with Crippen molar-refractivity contribution in [3.8, 4) is 0 Å². The summed E-state index contributed by atoms with van der Waals surface area (Å²) in [4.78, 5) is 23.2. The lowest BCUT2D eigenvalue weighted by Gasteiger charge is -2.17. The molecular formula is C17H15Cl2NO3. The lowest BCUT2D eigenvalue weighted by atomic mass is 10.0. The van der Waals surface area contributed by atoms with Crippen molar-refractivity contribution in [2.45, 2.75) is 18.9 Å². The second-order valence-corrected chi connectivity index (χ2v) is 5.95. The van der Waals surface area contributed by atoms with E-state index in [0.717, 1.165) is 5.56 Å². The van der Waals surface area contributed by atoms with Gasteiger partial charge in [0.25, 0.3) is 0 Å². The highest BCUT2D eigenvalue weighted by molar-refractivity contribution is 6.30. The van der Waals surface area contributed by atoms with Crippen molar-refractivity contribution in [2.75, 3.05) is 0 Å². The van der Waals surface area contributed by atoms with Crippen molar-refractivity contribution < 1.29 is 14.7 Å². The van der Waals surface area contributed by atoms with E-state index in [2.05, 4.69) is 5.32 Å². The van der Waals surface area contributed by atoms with Crippen LogP contribution in [-0.2, 0) is 16.0 Å². The molecule has 0 heterocycles. The van der Waals surface area contributed by atoms with Gasteiger partial charge < -0.3 is 10.4 Å². The number of benzene rings is 2. The van der Waals surface area contributed by atoms with E-state index in [9.17, 15) is 9.59 Å². The van der Waals surface area contributed by atoms with Gasteiger partial charge >= 0.3 is 5.97 Å². The molecule has 2 N–H and O–H groups in total. The van der Waals surface area contributed by atoms with Crippen LogP contribution in [0, 0.1) is 0 Å². The molecule has 23 heavy (non-hydrogen) atoms. The molecule has 2 aromatic rings. The summed E-state index contributed by atoms with van der Waals surface area (Å²) in [6, 6.07) is 13.1. The van der Waals surface area contributed by atoms with Gasteiger partial charge in [-0.1, -0.05) is 47.5 Å². The highest BCUT2D eigenvalue weighted by atomic mass is 35.5. The fraction of sp³-hybridized carbons (Fsp3) is 0.176. The van der Waals surface area contributed by atoms with E-state index in [1.54, 1.807) is 48.5 Å². The van der Waals surface area contributed by atoms with Crippen LogP contribution in [0.25, 0.3) is 0 Å². The van der Waals surface area contributed by atoms with Crippen molar-refractivity contribution >= 4 is 35.1 Å². The number of nitrogens with one attached hydrogen (secondary N) is 1. The van der Waals surface area contributed by atoms with Gasteiger partial charge in [0.05, 0.1) is 18.9 Å². The summed E-state index contributed by atoms with van der Waals surface area (Å²) in [7, 11) is 0. The zero-order valence-electron chi connectivity index (χ0n) is 12.1. The second kappa shape index (κ2) is 7.99. The molecule has 120 valence electrons. The molecule has 1 atom stereocenters. The molecule has 2 aromatic carbocycles. The normalized spacial score (nSPS) is 11.7. The predicted molar refractivity (Wildman–Crippen MR) is 89.7 cm³/mol. The number of hydrogen-bond donors (Lipinski definition) is 2. The molecule has 0 fully saturated rings. The summed E-state index contributed by atoms with van der Waals surface area (Å²) in [6.07, 6.45) is -0.0468. The highest BCUT2D eigenvalue weighted by Gasteiger charge is 2.18. The minimum Gasteiger partial charge on any atom is -0.481 e. The van der Waals surface area contributed by atoms with Crippen molar-refractivity contribution in [1.29, 1.82) is 0 Å². The third-order valence-electron chi connectivity index (χ3n) is 3.26. The summed E-state index contributed by atoms with van der Waals surface area (Å²) in [5.41, 5.74) is 1.50. The fourth-order valence-electron chi connectivity index (χ4n) is 2.15. The number of halogens is 2. The smallest absolute Gasteiger partial charge is 0.305 e. The summed E-state index contributed by atoms with van der Waals surface area (Å²) < 4.78 is 0. The van der Waals surface area contributed by atoms with E-state index in [-0.39, 0.29) is 18.7 Å². The van der Waals surface area contributed by atoms with Crippen molar-refractivity contribution in [3.63, 3.8) is 0 Å². The van der Waals surface area contributed by atoms with Crippen molar-refractivity contribution in [2.24, 2.45) is 0 Å². The first-order valence-electron chi connectivity index (χ1n) is 6.95. The lowest BCUT2D eigenvalue weighted by molar-refractivity contribution is -0.137. The number of amides is 1. The molecule has 0 radical (unpaired) electrons. The Balaban J connectivity index is 2.07. The van der Waals surface area contributed by atoms with E-state index in [4.69, 9.17) is 28.3 Å². The van der Waals surface area contributed by atoms with Gasteiger partial charge in [0.15, 0.2) is 0 Å². The Labute approximate surface area is 144 Å². The Morgan fingerprint density at radius 1 is 0.957 bits per heavy atom. The Kier molecular flexibility index (Phi) is 6.02. The van der Waals surface area contributed by atoms with E-state index in [1.807, 2.05) is 0 Å². The van der Waals surface area contributed by atoms with Crippen LogP contribution in [0.15, 0.2) is 48.5 Å². The van der Waals surface area contributed by atoms with Crippen LogP contribution in [0.1, 0.15) is 23.6 Å². The standard InChI is InChI=1S/C17H15Cl2NO3/c18-13-5-1-11(2-6-13)9-16(21)20-15(10-17(22)23)12-3-7-14(19)8-4-12/h1-8,15H,9-10H2,(H,20,21)(H,22,23)/t15-/m0/s1. The molecule has 4 nitrogen and oxygen atoms in total. The Morgan fingerprint density at radius 2 is 1.48 bits per heavy atom. The predicted octanol–water partition coefficient (Wildman–Crippen LogP) is 3.87. The molecule has 0 saturated carbocycles. The molecule has 6 heteroatoms. The van der Waals surface area contributed by atoms with Gasteiger partial charge in [-0.2, -0.15) is 0 Å². The average Bonchev–Trinajstić information content (AvgIpc) is 2.49. The van der Waals surface area contributed by atoms with E-state index in [1.165, 1.54) is 0 Å². The minimum atomic E-state index is -0.989. The number of carbonyl (C=O) groups excluding carboxylic acids is 1. The van der Waals surface area contributed by atoms with Crippen LogP contribution in [0.2, 0.25) is 10.0 Å². The van der Waals surface area contributed by atoms with Crippen molar-refractivity contribution in [1.82, 2.24) is 5.32 Å². The largest absolute Gasteiger partial charge is 0.481 e. The lowest BCUT2D eigenvalue weighted by Crippen LogP contribution is -2.31. The van der Waals surface area contributed by atoms with E-state index in [0.29, 0.717) is 15.6 Å². The van der Waals surface area contributed by atoms with Crippen LogP contribution in [-0.4, -0.2) is 17.0 Å². The molecule has 0 aliphatic carbocycles. The van der Waals surface area contributed by atoms with Crippen LogP contribution in [0.5, 0.6) is 0 Å². The van der Waals surface area contributed by atoms with Gasteiger partial charge in [-0.15, -0.1) is 0 Å². The Morgan fingerprint density at radius 3 is 2.00 bits per heavy atom. The zero-order valence-corrected chi connectivity index (χ0v) is 13.6. The summed E-state index contributed by atoms with van der Waals surface area (Å²) >= 11 is 11.6. The van der Waals surface area contributed by atoms with Crippen LogP contribution >= 0.6 is 23.2 Å². The first kappa shape index (κ1) is 17.3. The van der Waals surface area contributed by atoms with E-state index >= 15 is 0 Å². The molecule has 0 saturated heterocycles. The molecule has 0 aliphatic rings. The number of aliphatic carboxylic acids is 1. The second-order valence-electron chi connectivity index (χ2n) is 5.07. The maximum absolute atomic E-state index is 12.2. The van der Waals surface area contributed by atoms with Gasteiger partial charge in [-0.3, -0.25) is 9.59 Å². The minimum absolute atomic E-state index is 0.154. The molecule has 0 bridgehead atoms. The quantitative estimate of drug-likeness (QED) is 0.829. The first-order valence-corrected chi connectivity index (χ1v) is 7.70. The van der Waals surface area contributed by atoms with Gasteiger partial charge in [0.2, 0.25) is 5.91 Å². The molecule has 1 amide bonds. The van der Waals surface area contributed by atoms with Gasteiger partial charge in [0, 0.05) is 10.0 Å². The molecule has 0 aromatic heterocycles. The number of carboxylic acids is 1. The monoisotopic (exact) mass is 351 g/mol. The highest BCUT2D eigenvalue weighted by Crippen LogP contribution is 2.20. The fourth-order valence-corrected chi connectivity index (χ4v) is 2.41. The molecule has 0 aliphatic heterocycles. The van der Waals surface area contributed by atoms with Crippen LogP contribution < -0.4 is 5.32 Å². The summed E-state index contributed by atoms with van der Waals surface area (Å²) in [5, 5.41) is 12.9. The van der Waals surface area contributed by atoms with Crippen LogP contribution in [0.3, 0.4) is 0 Å². The topological polar surface area (TPSA) is 66.4 Å². The summed E-state index contributed by atoms with van der Waals surface area (Å²) in [6.45, 7) is 0. The number of hydrogen-bond acceptors (Lipinski definition) is 2. The van der Waals surface area contributed by atoms with Crippen LogP contribution in [0.4, 0.5) is 0 Å². The Bertz CT molecular complexity index is 684. The SMILES string of the molecule is O=C(O)C[C@H](NC(=O)Cc1ccc(Cl)cc1)c1ccc(Cl)cc1. The number of rotatable bonds is 6. The number of carboxylic acid groups (broad SMARTS) is 1. The third kappa shape index (κ3) is 5.58. The first-order chi connectivity index (χ1) is 10.9. The van der Waals surface area contributed by atoms with Gasteiger partial charge in [-0.05, 0) is 35.4 Å². The molecule has 0 spiro atoms. The average molecular weight is 352 g/mol. The maximum Gasteiger partial charge on any atom is 0.305 e. The molecule has 2 rings (SSSR count). The molecular weight excluding hydrogens is 337 g/mol. The maximum atomic E-state index is 12.2.